The molecule has 1 heterocycles. The lowest BCUT2D eigenvalue weighted by atomic mass is 9.85. The monoisotopic (exact) mass is 533 g/mol. The first-order valence-corrected chi connectivity index (χ1v) is 13.6. The van der Waals surface area contributed by atoms with Crippen molar-refractivity contribution < 1.29 is 23.6 Å². The number of nitrogens with one attached hydrogen (secondary N) is 1. The summed E-state index contributed by atoms with van der Waals surface area (Å²) in [6.45, 7) is 4.49. The van der Waals surface area contributed by atoms with Gasteiger partial charge >= 0.3 is 0 Å². The molecule has 39 heavy (non-hydrogen) atoms. The third-order valence-corrected chi connectivity index (χ3v) is 7.37. The molecule has 4 rings (SSSR count). The van der Waals surface area contributed by atoms with Gasteiger partial charge in [-0.25, -0.2) is 4.39 Å². The van der Waals surface area contributed by atoms with E-state index in [1.54, 1.807) is 12.1 Å². The minimum atomic E-state index is -0.833. The lowest BCUT2D eigenvalue weighted by Crippen LogP contribution is -2.51. The van der Waals surface area contributed by atoms with Gasteiger partial charge in [-0.15, -0.1) is 0 Å². The SMILES string of the molecule is CC(C)CNC(=O)C(Cc1ccccc1)N(Cc1ccc(F)cc1)C(=O)CCN1C(=O)[C@H]2CC=CC[C@H]2C1=O. The van der Waals surface area contributed by atoms with Gasteiger partial charge in [-0.1, -0.05) is 68.5 Å². The Morgan fingerprint density at radius 2 is 1.56 bits per heavy atom. The van der Waals surface area contributed by atoms with Crippen LogP contribution in [0.2, 0.25) is 0 Å². The standard InChI is InChI=1S/C31H36FN3O4/c1-21(2)19-33-29(37)27(18-22-8-4-3-5-9-22)35(20-23-12-14-24(32)15-13-23)28(36)16-17-34-30(38)25-10-6-7-11-26(25)31(34)39/h3-9,12-15,21,25-27H,10-11,16-20H2,1-2H3,(H,33,37)/t25-,26+,27?. The number of nitrogens with zero attached hydrogens (tertiary/aromatic N) is 2. The molecule has 8 heteroatoms. The maximum absolute atomic E-state index is 13.8. The number of carbonyl (C=O) groups excluding carboxylic acids is 4. The molecular formula is C31H36FN3O4. The van der Waals surface area contributed by atoms with Crippen molar-refractivity contribution in [3.8, 4) is 0 Å². The molecule has 7 nitrogen and oxygen atoms in total. The molecule has 1 aliphatic heterocycles. The zero-order valence-electron chi connectivity index (χ0n) is 22.5. The van der Waals surface area contributed by atoms with Crippen LogP contribution in [0.3, 0.4) is 0 Å². The van der Waals surface area contributed by atoms with Crippen molar-refractivity contribution in [1.82, 2.24) is 15.1 Å². The minimum absolute atomic E-state index is 0.0327. The fourth-order valence-electron chi connectivity index (χ4n) is 5.20. The topological polar surface area (TPSA) is 86.8 Å². The van der Waals surface area contributed by atoms with Gasteiger partial charge in [-0.3, -0.25) is 24.1 Å². The first-order valence-electron chi connectivity index (χ1n) is 13.6. The fourth-order valence-corrected chi connectivity index (χ4v) is 5.20. The van der Waals surface area contributed by atoms with Crippen molar-refractivity contribution in [2.75, 3.05) is 13.1 Å². The van der Waals surface area contributed by atoms with E-state index >= 15 is 0 Å². The number of amides is 4. The van der Waals surface area contributed by atoms with E-state index in [1.165, 1.54) is 21.9 Å². The van der Waals surface area contributed by atoms with Gasteiger partial charge < -0.3 is 10.2 Å². The molecule has 2 aromatic rings. The smallest absolute Gasteiger partial charge is 0.243 e. The largest absolute Gasteiger partial charge is 0.354 e. The summed E-state index contributed by atoms with van der Waals surface area (Å²) < 4.78 is 13.6. The molecule has 0 saturated carbocycles. The van der Waals surface area contributed by atoms with Crippen LogP contribution in [0.5, 0.6) is 0 Å². The number of halogens is 1. The van der Waals surface area contributed by atoms with Gasteiger partial charge in [0.15, 0.2) is 0 Å². The molecule has 1 N–H and O–H groups in total. The summed E-state index contributed by atoms with van der Waals surface area (Å²) in [4.78, 5) is 55.8. The maximum atomic E-state index is 13.8. The van der Waals surface area contributed by atoms with Crippen molar-refractivity contribution in [3.63, 3.8) is 0 Å². The molecule has 4 amide bonds. The molecule has 1 fully saturated rings. The van der Waals surface area contributed by atoms with Crippen LogP contribution in [0.4, 0.5) is 4.39 Å². The van der Waals surface area contributed by atoms with Crippen LogP contribution in [0, 0.1) is 23.6 Å². The Bertz CT molecular complexity index is 1190. The Hall–Kier alpha value is -3.81. The van der Waals surface area contributed by atoms with Crippen LogP contribution < -0.4 is 5.32 Å². The number of likely N-dealkylation sites (tertiary alicyclic amines) is 1. The van der Waals surface area contributed by atoms with Crippen LogP contribution in [-0.4, -0.2) is 52.6 Å². The maximum Gasteiger partial charge on any atom is 0.243 e. The van der Waals surface area contributed by atoms with Crippen molar-refractivity contribution in [3.05, 3.63) is 83.7 Å². The van der Waals surface area contributed by atoms with Crippen molar-refractivity contribution in [2.45, 2.75) is 52.1 Å². The lowest BCUT2D eigenvalue weighted by Gasteiger charge is -2.32. The van der Waals surface area contributed by atoms with Crippen LogP contribution in [0.25, 0.3) is 0 Å². The number of hydrogen-bond acceptors (Lipinski definition) is 4. The van der Waals surface area contributed by atoms with E-state index in [2.05, 4.69) is 5.32 Å². The molecule has 0 radical (unpaired) electrons. The van der Waals surface area contributed by atoms with E-state index in [9.17, 15) is 23.6 Å². The van der Waals surface area contributed by atoms with Crippen molar-refractivity contribution in [1.29, 1.82) is 0 Å². The Kier molecular flexibility index (Phi) is 9.28. The average molecular weight is 534 g/mol. The summed E-state index contributed by atoms with van der Waals surface area (Å²) in [5, 5.41) is 2.96. The Morgan fingerprint density at radius 3 is 2.15 bits per heavy atom. The second kappa shape index (κ2) is 12.8. The summed E-state index contributed by atoms with van der Waals surface area (Å²) in [6.07, 6.45) is 5.10. The van der Waals surface area contributed by atoms with Crippen LogP contribution in [0.1, 0.15) is 44.2 Å². The molecule has 206 valence electrons. The lowest BCUT2D eigenvalue weighted by molar-refractivity contribution is -0.144. The number of imide groups is 1. The molecule has 2 aromatic carbocycles. The van der Waals surface area contributed by atoms with Gasteiger partial charge in [0.2, 0.25) is 23.6 Å². The predicted octanol–water partition coefficient (Wildman–Crippen LogP) is 3.88. The summed E-state index contributed by atoms with van der Waals surface area (Å²) in [6, 6.07) is 14.4. The van der Waals surface area contributed by atoms with E-state index in [0.29, 0.717) is 24.9 Å². The van der Waals surface area contributed by atoms with E-state index in [4.69, 9.17) is 0 Å². The normalized spacial score (nSPS) is 19.2. The third-order valence-electron chi connectivity index (χ3n) is 7.37. The molecule has 1 unspecified atom stereocenters. The molecule has 0 aromatic heterocycles. The number of benzene rings is 2. The molecule has 3 atom stereocenters. The van der Waals surface area contributed by atoms with E-state index in [1.807, 2.05) is 56.3 Å². The number of rotatable bonds is 11. The van der Waals surface area contributed by atoms with E-state index < -0.39 is 11.9 Å². The van der Waals surface area contributed by atoms with Gasteiger partial charge in [0, 0.05) is 32.5 Å². The molecule has 0 bridgehead atoms. The van der Waals surface area contributed by atoms with E-state index in [-0.39, 0.29) is 67.3 Å². The minimum Gasteiger partial charge on any atom is -0.354 e. The highest BCUT2D eigenvalue weighted by atomic mass is 19.1. The van der Waals surface area contributed by atoms with Gasteiger partial charge in [0.05, 0.1) is 11.8 Å². The zero-order valence-corrected chi connectivity index (χ0v) is 22.5. The summed E-state index contributed by atoms with van der Waals surface area (Å²) in [7, 11) is 0. The average Bonchev–Trinajstić information content (AvgIpc) is 3.18. The predicted molar refractivity (Wildman–Crippen MR) is 145 cm³/mol. The number of fused-ring (bicyclic) bond motifs is 1. The zero-order chi connectivity index (χ0) is 27.9. The Labute approximate surface area is 229 Å². The quantitative estimate of drug-likeness (QED) is 0.351. The van der Waals surface area contributed by atoms with Crippen molar-refractivity contribution >= 4 is 23.6 Å². The summed E-state index contributed by atoms with van der Waals surface area (Å²) in [5.74, 6) is -2.00. The highest BCUT2D eigenvalue weighted by molar-refractivity contribution is 6.05. The highest BCUT2D eigenvalue weighted by Gasteiger charge is 2.47. The van der Waals surface area contributed by atoms with Gasteiger partial charge in [0.25, 0.3) is 0 Å². The van der Waals surface area contributed by atoms with Crippen LogP contribution in [0.15, 0.2) is 66.7 Å². The first kappa shape index (κ1) is 28.2. The molecular weight excluding hydrogens is 497 g/mol. The highest BCUT2D eigenvalue weighted by Crippen LogP contribution is 2.35. The number of carbonyl (C=O) groups is 4. The van der Waals surface area contributed by atoms with Gasteiger partial charge in [-0.05, 0) is 42.0 Å². The third kappa shape index (κ3) is 6.99. The fraction of sp³-hybridized carbons (Fsp3) is 0.419. The van der Waals surface area contributed by atoms with E-state index in [0.717, 1.165) is 5.56 Å². The molecule has 1 aliphatic carbocycles. The molecule has 1 saturated heterocycles. The summed E-state index contributed by atoms with van der Waals surface area (Å²) in [5.41, 5.74) is 1.56. The first-order chi connectivity index (χ1) is 18.7. The van der Waals surface area contributed by atoms with Crippen molar-refractivity contribution in [2.24, 2.45) is 17.8 Å². The van der Waals surface area contributed by atoms with Gasteiger partial charge in [0.1, 0.15) is 11.9 Å². The van der Waals surface area contributed by atoms with Gasteiger partial charge in [-0.2, -0.15) is 0 Å². The molecule has 2 aliphatic rings. The second-order valence-electron chi connectivity index (χ2n) is 10.7. The van der Waals surface area contributed by atoms with Crippen LogP contribution in [-0.2, 0) is 32.1 Å². The molecule has 0 spiro atoms. The number of hydrogen-bond donors (Lipinski definition) is 1. The van der Waals surface area contributed by atoms with Crippen LogP contribution >= 0.6 is 0 Å². The summed E-state index contributed by atoms with van der Waals surface area (Å²) >= 11 is 0. The second-order valence-corrected chi connectivity index (χ2v) is 10.7. The number of allylic oxidation sites excluding steroid dienone is 2. The Morgan fingerprint density at radius 1 is 0.949 bits per heavy atom. The Balaban J connectivity index is 1.57.